The van der Waals surface area contributed by atoms with Crippen molar-refractivity contribution in [3.63, 3.8) is 0 Å². The Kier molecular flexibility index (Phi) is 4.85. The van der Waals surface area contributed by atoms with Gasteiger partial charge in [0.05, 0.1) is 17.3 Å². The summed E-state index contributed by atoms with van der Waals surface area (Å²) in [6.07, 6.45) is -4.55. The zero-order valence-corrected chi connectivity index (χ0v) is 16.2. The molecule has 3 heterocycles. The van der Waals surface area contributed by atoms with Crippen molar-refractivity contribution in [1.82, 2.24) is 15.0 Å². The van der Waals surface area contributed by atoms with Crippen LogP contribution in [-0.4, -0.2) is 28.2 Å². The van der Waals surface area contributed by atoms with Crippen molar-refractivity contribution >= 4 is 28.3 Å². The van der Waals surface area contributed by atoms with E-state index in [1.165, 1.54) is 6.07 Å². The molecule has 4 rings (SSSR count). The molecule has 1 aromatic carbocycles. The lowest BCUT2D eigenvalue weighted by molar-refractivity contribution is -0.139. The monoisotopic (exact) mass is 424 g/mol. The van der Waals surface area contributed by atoms with Crippen LogP contribution in [-0.2, 0) is 6.18 Å². The van der Waals surface area contributed by atoms with E-state index in [-0.39, 0.29) is 30.1 Å². The van der Waals surface area contributed by atoms with E-state index in [1.54, 1.807) is 26.0 Å². The number of aromatic nitrogens is 3. The molecule has 1 atom stereocenters. The quantitative estimate of drug-likeness (QED) is 0.515. The molecule has 1 N–H and O–H groups in total. The first kappa shape index (κ1) is 19.5. The van der Waals surface area contributed by atoms with Crippen LogP contribution in [0.15, 0.2) is 24.3 Å². The summed E-state index contributed by atoms with van der Waals surface area (Å²) < 4.78 is 51.5. The maximum Gasteiger partial charge on any atom is 0.419 e. The lowest BCUT2D eigenvalue weighted by Crippen LogP contribution is -2.16. The number of para-hydroxylation sites is 1. The highest BCUT2D eigenvalue weighted by atomic mass is 35.5. The highest BCUT2D eigenvalue weighted by Gasteiger charge is 2.36. The molecule has 0 radical (unpaired) electrons. The van der Waals surface area contributed by atoms with Gasteiger partial charge in [-0.2, -0.15) is 23.1 Å². The summed E-state index contributed by atoms with van der Waals surface area (Å²) in [5.74, 6) is 0.155. The van der Waals surface area contributed by atoms with Gasteiger partial charge in [-0.1, -0.05) is 23.7 Å². The number of halogens is 4. The maximum atomic E-state index is 13.5. The van der Waals surface area contributed by atoms with Gasteiger partial charge in [-0.25, -0.2) is 4.98 Å². The van der Waals surface area contributed by atoms with Crippen LogP contribution in [0.4, 0.5) is 19.0 Å². The summed E-state index contributed by atoms with van der Waals surface area (Å²) >= 11 is 6.09. The summed E-state index contributed by atoms with van der Waals surface area (Å²) in [7, 11) is 0. The Hall–Kier alpha value is -2.81. The van der Waals surface area contributed by atoms with Gasteiger partial charge in [0.1, 0.15) is 35.5 Å². The van der Waals surface area contributed by atoms with Gasteiger partial charge in [0.25, 0.3) is 0 Å². The number of ether oxygens (including phenoxy) is 2. The second-order valence-electron chi connectivity index (χ2n) is 6.57. The fraction of sp³-hybridized carbons (Fsp3) is 0.316. The van der Waals surface area contributed by atoms with E-state index in [4.69, 9.17) is 21.1 Å². The van der Waals surface area contributed by atoms with Crippen molar-refractivity contribution in [1.29, 1.82) is 0 Å². The Morgan fingerprint density at radius 2 is 1.90 bits per heavy atom. The van der Waals surface area contributed by atoms with Crippen LogP contribution in [0.25, 0.3) is 10.9 Å². The number of pyridine rings is 1. The standard InChI is InChI=1S/C19H16ClF3N4O2/c1-9-11-4-3-5-13(19(21,22)23)16(11)28-6-7-29-18-26-15-10(2)24-14(20)8-12(15)17(25-9)27-18/h3-5,8-9H,6-7H2,1-2H3,(H,25,26,27)/t9-/m1/s1. The first-order chi connectivity index (χ1) is 13.7. The van der Waals surface area contributed by atoms with E-state index in [2.05, 4.69) is 20.3 Å². The molecule has 2 bridgehead atoms. The number of hydrogen-bond acceptors (Lipinski definition) is 6. The zero-order valence-electron chi connectivity index (χ0n) is 15.5. The summed E-state index contributed by atoms with van der Waals surface area (Å²) in [6.45, 7) is 3.36. The van der Waals surface area contributed by atoms with E-state index >= 15 is 0 Å². The molecule has 0 unspecified atom stereocenters. The number of fused-ring (bicyclic) bond motifs is 5. The molecule has 29 heavy (non-hydrogen) atoms. The van der Waals surface area contributed by atoms with Gasteiger partial charge in [0.15, 0.2) is 0 Å². The second kappa shape index (κ2) is 7.22. The predicted molar refractivity (Wildman–Crippen MR) is 102 cm³/mol. The molecule has 0 amide bonds. The Morgan fingerprint density at radius 3 is 2.66 bits per heavy atom. The molecular formula is C19H16ClF3N4O2. The van der Waals surface area contributed by atoms with Crippen molar-refractivity contribution in [3.8, 4) is 11.8 Å². The second-order valence-corrected chi connectivity index (χ2v) is 6.95. The van der Waals surface area contributed by atoms with E-state index in [0.717, 1.165) is 6.07 Å². The lowest BCUT2D eigenvalue weighted by atomic mass is 10.0. The number of anilines is 1. The largest absolute Gasteiger partial charge is 0.489 e. The third-order valence-electron chi connectivity index (χ3n) is 4.54. The van der Waals surface area contributed by atoms with Crippen molar-refractivity contribution < 1.29 is 22.6 Å². The molecule has 6 nitrogen and oxygen atoms in total. The molecule has 0 saturated heterocycles. The molecule has 1 aliphatic heterocycles. The predicted octanol–water partition coefficient (Wildman–Crippen LogP) is 4.95. The smallest absolute Gasteiger partial charge is 0.419 e. The average Bonchev–Trinajstić information content (AvgIpc) is 2.66. The van der Waals surface area contributed by atoms with Gasteiger partial charge in [0.2, 0.25) is 0 Å². The van der Waals surface area contributed by atoms with E-state index in [9.17, 15) is 13.2 Å². The van der Waals surface area contributed by atoms with Crippen LogP contribution in [0.5, 0.6) is 11.8 Å². The fourth-order valence-corrected chi connectivity index (χ4v) is 3.48. The van der Waals surface area contributed by atoms with Gasteiger partial charge in [0, 0.05) is 10.9 Å². The van der Waals surface area contributed by atoms with E-state index in [1.807, 2.05) is 0 Å². The number of nitrogens with one attached hydrogen (secondary N) is 1. The average molecular weight is 425 g/mol. The van der Waals surface area contributed by atoms with Crippen molar-refractivity contribution in [3.05, 3.63) is 46.2 Å². The number of alkyl halides is 3. The topological polar surface area (TPSA) is 69.2 Å². The van der Waals surface area contributed by atoms with Gasteiger partial charge in [-0.3, -0.25) is 0 Å². The summed E-state index contributed by atoms with van der Waals surface area (Å²) in [5.41, 5.74) is 0.639. The van der Waals surface area contributed by atoms with Crippen molar-refractivity contribution in [2.45, 2.75) is 26.1 Å². The Balaban J connectivity index is 1.88. The van der Waals surface area contributed by atoms with Crippen molar-refractivity contribution in [2.75, 3.05) is 18.5 Å². The van der Waals surface area contributed by atoms with Crippen LogP contribution in [0.1, 0.15) is 29.8 Å². The third kappa shape index (κ3) is 3.74. The number of hydrogen-bond donors (Lipinski definition) is 1. The Bertz CT molecular complexity index is 1090. The highest BCUT2D eigenvalue weighted by Crippen LogP contribution is 2.41. The number of benzene rings is 1. The number of aryl methyl sites for hydroxylation is 1. The van der Waals surface area contributed by atoms with Gasteiger partial charge < -0.3 is 14.8 Å². The van der Waals surface area contributed by atoms with E-state index < -0.39 is 17.8 Å². The maximum absolute atomic E-state index is 13.5. The van der Waals surface area contributed by atoms with E-state index in [0.29, 0.717) is 28.0 Å². The molecule has 152 valence electrons. The van der Waals surface area contributed by atoms with Crippen LogP contribution in [0, 0.1) is 6.92 Å². The minimum atomic E-state index is -4.55. The van der Waals surface area contributed by atoms with Gasteiger partial charge in [-0.15, -0.1) is 0 Å². The molecule has 0 saturated carbocycles. The Morgan fingerprint density at radius 1 is 1.14 bits per heavy atom. The minimum Gasteiger partial charge on any atom is -0.489 e. The zero-order chi connectivity index (χ0) is 20.8. The molecule has 2 aromatic heterocycles. The van der Waals surface area contributed by atoms with Gasteiger partial charge >= 0.3 is 12.2 Å². The van der Waals surface area contributed by atoms with Crippen LogP contribution >= 0.6 is 11.6 Å². The summed E-state index contributed by atoms with van der Waals surface area (Å²) in [4.78, 5) is 12.9. The van der Waals surface area contributed by atoms with Gasteiger partial charge in [-0.05, 0) is 26.0 Å². The van der Waals surface area contributed by atoms with Crippen LogP contribution in [0.3, 0.4) is 0 Å². The normalized spacial score (nSPS) is 16.8. The Labute approximate surface area is 169 Å². The van der Waals surface area contributed by atoms with Crippen LogP contribution < -0.4 is 14.8 Å². The third-order valence-corrected chi connectivity index (χ3v) is 4.73. The first-order valence-corrected chi connectivity index (χ1v) is 9.19. The molecule has 1 aliphatic rings. The minimum absolute atomic E-state index is 0.0228. The molecule has 3 aromatic rings. The number of rotatable bonds is 0. The molecule has 0 fully saturated rings. The number of nitrogens with zero attached hydrogens (tertiary/aromatic N) is 3. The molecule has 0 spiro atoms. The lowest BCUT2D eigenvalue weighted by Gasteiger charge is -2.22. The first-order valence-electron chi connectivity index (χ1n) is 8.81. The summed E-state index contributed by atoms with van der Waals surface area (Å²) in [6, 6.07) is 5.06. The van der Waals surface area contributed by atoms with Crippen LogP contribution in [0.2, 0.25) is 5.15 Å². The SMILES string of the molecule is Cc1nc(Cl)cc2c3nc(nc12)OCCOc1c(cccc1C(F)(F)F)[C@@H](C)N3. The summed E-state index contributed by atoms with van der Waals surface area (Å²) in [5, 5.41) is 4.00. The van der Waals surface area contributed by atoms with Crippen molar-refractivity contribution in [2.24, 2.45) is 0 Å². The fourth-order valence-electron chi connectivity index (χ4n) is 3.24. The highest BCUT2D eigenvalue weighted by molar-refractivity contribution is 6.30. The molecule has 0 aliphatic carbocycles. The molecular weight excluding hydrogens is 409 g/mol. The molecule has 10 heteroatoms.